The molecule has 0 radical (unpaired) electrons. The van der Waals surface area contributed by atoms with E-state index in [4.69, 9.17) is 4.43 Å². The molecule has 2 aromatic carbocycles. The first-order valence-electron chi connectivity index (χ1n) is 8.67. The molecule has 0 amide bonds. The fourth-order valence-corrected chi connectivity index (χ4v) is 7.59. The molecule has 2 aromatic rings. The van der Waals surface area contributed by atoms with Gasteiger partial charge in [0.05, 0.1) is 0 Å². The molecule has 126 valence electrons. The first kappa shape index (κ1) is 18.0. The monoisotopic (exact) mass is 452 g/mol. The van der Waals surface area contributed by atoms with E-state index in [1.165, 1.54) is 32.1 Å². The minimum absolute atomic E-state index is 0.00477. The maximum atomic E-state index is 6.63. The summed E-state index contributed by atoms with van der Waals surface area (Å²) in [5.41, 5.74) is 1.36. The molecule has 3 rings (SSSR count). The predicted octanol–water partition coefficient (Wildman–Crippen LogP) is 4.83. The van der Waals surface area contributed by atoms with Gasteiger partial charge in [-0.25, -0.2) is 0 Å². The van der Waals surface area contributed by atoms with E-state index < -0.39 is 29.2 Å². The van der Waals surface area contributed by atoms with Crippen molar-refractivity contribution >= 4 is 36.5 Å². The van der Waals surface area contributed by atoms with Gasteiger partial charge < -0.3 is 0 Å². The van der Waals surface area contributed by atoms with E-state index in [-0.39, 0.29) is 5.60 Å². The molecule has 1 fully saturated rings. The molecule has 0 aliphatic heterocycles. The number of rotatable bonds is 6. The van der Waals surface area contributed by atoms with Crippen molar-refractivity contribution in [3.8, 4) is 0 Å². The Morgan fingerprint density at radius 3 is 2.04 bits per heavy atom. The normalized spacial score (nSPS) is 17.4. The van der Waals surface area contributed by atoms with Crippen molar-refractivity contribution in [2.75, 3.05) is 0 Å². The van der Waals surface area contributed by atoms with Crippen LogP contribution in [0.25, 0.3) is 3.62 Å². The van der Waals surface area contributed by atoms with Crippen molar-refractivity contribution in [2.24, 2.45) is 0 Å². The van der Waals surface area contributed by atoms with E-state index in [2.05, 4.69) is 86.4 Å². The average molecular weight is 450 g/mol. The molecule has 1 saturated carbocycles. The molecule has 1 nitrogen and oxygen atoms in total. The zero-order chi connectivity index (χ0) is 17.0. The van der Waals surface area contributed by atoms with Crippen molar-refractivity contribution in [3.05, 3.63) is 72.3 Å². The molecule has 0 N–H and O–H groups in total. The minimum atomic E-state index is -1.55. The Hall–Kier alpha value is -0.854. The van der Waals surface area contributed by atoms with Gasteiger partial charge >= 0.3 is 158 Å². The Morgan fingerprint density at radius 1 is 0.958 bits per heavy atom. The molecule has 0 saturated heterocycles. The summed E-state index contributed by atoms with van der Waals surface area (Å²) in [4.78, 5) is 0. The summed E-state index contributed by atoms with van der Waals surface area (Å²) in [5, 5.41) is 0. The number of hydrogen-bond donors (Lipinski definition) is 0. The average Bonchev–Trinajstić information content (AvgIpc) is 2.52. The van der Waals surface area contributed by atoms with Crippen LogP contribution in [0.15, 0.2) is 66.7 Å². The van der Waals surface area contributed by atoms with Gasteiger partial charge in [-0.2, -0.15) is 0 Å². The zero-order valence-electron chi connectivity index (χ0n) is 14.8. The third-order valence-electron chi connectivity index (χ3n) is 4.13. The van der Waals surface area contributed by atoms with Gasteiger partial charge in [-0.15, -0.1) is 0 Å². The van der Waals surface area contributed by atoms with Gasteiger partial charge in [0.1, 0.15) is 0 Å². The van der Waals surface area contributed by atoms with Crippen molar-refractivity contribution < 1.29 is 4.43 Å². The van der Waals surface area contributed by atoms with Crippen LogP contribution in [-0.2, 0) is 4.43 Å². The fourth-order valence-electron chi connectivity index (χ4n) is 3.04. The molecular formula is C21H26OSiTe. The number of benzene rings is 2. The van der Waals surface area contributed by atoms with Crippen LogP contribution in [0.1, 0.15) is 24.8 Å². The van der Waals surface area contributed by atoms with Crippen LogP contribution in [0.5, 0.6) is 0 Å². The van der Waals surface area contributed by atoms with Gasteiger partial charge in [-0.05, 0) is 0 Å². The van der Waals surface area contributed by atoms with E-state index in [0.29, 0.717) is 0 Å². The van der Waals surface area contributed by atoms with E-state index in [1.54, 1.807) is 0 Å². The summed E-state index contributed by atoms with van der Waals surface area (Å²) < 4.78 is 9.64. The maximum absolute atomic E-state index is 6.63. The summed E-state index contributed by atoms with van der Waals surface area (Å²) in [7, 11) is -1.55. The van der Waals surface area contributed by atoms with E-state index in [1.807, 2.05) is 0 Å². The number of hydrogen-bond acceptors (Lipinski definition) is 1. The molecule has 1 aliphatic rings. The standard InChI is InChI=1S/C21H26OSiTe/c1-23(2,3)22-21(15-10-16-21)17-20(18-11-6-4-7-12-18)24-19-13-8-5-9-14-19/h4-9,11-14,17H,10,15-16H2,1-3H3/b20-17+. The molecule has 0 unspecified atom stereocenters. The predicted molar refractivity (Wildman–Crippen MR) is 107 cm³/mol. The Balaban J connectivity index is 1.94. The summed E-state index contributed by atoms with van der Waals surface area (Å²) in [5.74, 6) is 0. The first-order chi connectivity index (χ1) is 11.5. The van der Waals surface area contributed by atoms with Gasteiger partial charge in [-0.1, -0.05) is 0 Å². The molecule has 24 heavy (non-hydrogen) atoms. The molecule has 0 heterocycles. The first-order valence-corrected chi connectivity index (χ1v) is 14.4. The molecule has 3 heteroatoms. The van der Waals surface area contributed by atoms with Crippen LogP contribution < -0.4 is 3.61 Å². The molecule has 0 bridgehead atoms. The summed E-state index contributed by atoms with van der Waals surface area (Å²) in [6.45, 7) is 6.91. The SMILES string of the molecule is C[Si](C)(C)OC1(/C=C(/[Te]c2ccccc2)c2ccccc2)CCC1. The second-order valence-electron chi connectivity index (χ2n) is 7.42. The Kier molecular flexibility index (Phi) is 5.67. The van der Waals surface area contributed by atoms with Crippen LogP contribution in [0.4, 0.5) is 0 Å². The molecule has 0 spiro atoms. The van der Waals surface area contributed by atoms with Crippen LogP contribution in [0.3, 0.4) is 0 Å². The van der Waals surface area contributed by atoms with Crippen molar-refractivity contribution in [1.82, 2.24) is 0 Å². The molecule has 1 aliphatic carbocycles. The van der Waals surface area contributed by atoms with Gasteiger partial charge in [-0.3, -0.25) is 0 Å². The summed E-state index contributed by atoms with van der Waals surface area (Å²) >= 11 is -0.414. The van der Waals surface area contributed by atoms with E-state index >= 15 is 0 Å². The summed E-state index contributed by atoms with van der Waals surface area (Å²) in [6.07, 6.45) is 6.14. The van der Waals surface area contributed by atoms with Crippen molar-refractivity contribution in [3.63, 3.8) is 0 Å². The second kappa shape index (κ2) is 7.58. The van der Waals surface area contributed by atoms with E-state index in [0.717, 1.165) is 0 Å². The topological polar surface area (TPSA) is 9.23 Å². The fraction of sp³-hybridized carbons (Fsp3) is 0.333. The van der Waals surface area contributed by atoms with Gasteiger partial charge in [0.15, 0.2) is 0 Å². The molecular weight excluding hydrogens is 424 g/mol. The van der Waals surface area contributed by atoms with Crippen LogP contribution in [-0.4, -0.2) is 34.8 Å². The van der Waals surface area contributed by atoms with Gasteiger partial charge in [0.25, 0.3) is 0 Å². The van der Waals surface area contributed by atoms with Crippen LogP contribution in [0, 0.1) is 0 Å². The van der Waals surface area contributed by atoms with Crippen molar-refractivity contribution in [2.45, 2.75) is 44.5 Å². The molecule has 0 aromatic heterocycles. The Labute approximate surface area is 157 Å². The van der Waals surface area contributed by atoms with E-state index in [9.17, 15) is 0 Å². The van der Waals surface area contributed by atoms with Crippen LogP contribution >= 0.6 is 0 Å². The third kappa shape index (κ3) is 4.83. The van der Waals surface area contributed by atoms with Crippen molar-refractivity contribution in [1.29, 1.82) is 0 Å². The Morgan fingerprint density at radius 2 is 1.54 bits per heavy atom. The summed E-state index contributed by atoms with van der Waals surface area (Å²) in [6, 6.07) is 21.8. The zero-order valence-corrected chi connectivity index (χ0v) is 18.1. The molecule has 0 atom stereocenters. The van der Waals surface area contributed by atoms with Crippen LogP contribution in [0.2, 0.25) is 19.6 Å². The Bertz CT molecular complexity index is 685. The second-order valence-corrected chi connectivity index (χ2v) is 15.0. The van der Waals surface area contributed by atoms with Gasteiger partial charge in [0, 0.05) is 0 Å². The third-order valence-corrected chi connectivity index (χ3v) is 8.24. The quantitative estimate of drug-likeness (QED) is 0.574. The van der Waals surface area contributed by atoms with Gasteiger partial charge in [0.2, 0.25) is 0 Å².